The fourth-order valence-electron chi connectivity index (χ4n) is 3.25. The molecule has 7 heteroatoms. The molecule has 3 rings (SSSR count). The predicted octanol–water partition coefficient (Wildman–Crippen LogP) is 2.78. The first-order valence-electron chi connectivity index (χ1n) is 10.2. The van der Waals surface area contributed by atoms with E-state index in [1.54, 1.807) is 7.11 Å². The third-order valence-electron chi connectivity index (χ3n) is 4.68. The molecule has 2 N–H and O–H groups in total. The quantitative estimate of drug-likeness (QED) is 0.332. The first-order chi connectivity index (χ1) is 14.2. The van der Waals surface area contributed by atoms with Crippen molar-refractivity contribution in [1.29, 1.82) is 0 Å². The number of rotatable bonds is 9. The van der Waals surface area contributed by atoms with Crippen LogP contribution < -0.4 is 15.4 Å². The minimum absolute atomic E-state index is 0.727. The molecule has 2 aromatic heterocycles. The molecule has 0 aliphatic rings. The number of guanidine groups is 1. The maximum absolute atomic E-state index is 5.46. The van der Waals surface area contributed by atoms with Crippen LogP contribution in [-0.2, 0) is 12.8 Å². The van der Waals surface area contributed by atoms with E-state index in [1.807, 2.05) is 34.9 Å². The van der Waals surface area contributed by atoms with Gasteiger partial charge < -0.3 is 15.4 Å². The third kappa shape index (κ3) is 5.70. The Morgan fingerprint density at radius 1 is 1.14 bits per heavy atom. The van der Waals surface area contributed by atoms with Gasteiger partial charge in [-0.3, -0.25) is 9.39 Å². The molecule has 7 nitrogen and oxygen atoms in total. The van der Waals surface area contributed by atoms with Gasteiger partial charge in [0.05, 0.1) is 7.11 Å². The number of aryl methyl sites for hydroxylation is 2. The van der Waals surface area contributed by atoms with Crippen LogP contribution in [0, 0.1) is 6.92 Å². The Kier molecular flexibility index (Phi) is 7.44. The van der Waals surface area contributed by atoms with Gasteiger partial charge in [0.1, 0.15) is 11.6 Å². The van der Waals surface area contributed by atoms with Crippen LogP contribution in [0.2, 0.25) is 0 Å². The third-order valence-corrected chi connectivity index (χ3v) is 4.68. The first-order valence-corrected chi connectivity index (χ1v) is 10.2. The molecule has 0 amide bonds. The minimum atomic E-state index is 0.727. The summed E-state index contributed by atoms with van der Waals surface area (Å²) in [6, 6.07) is 12.2. The maximum Gasteiger partial charge on any atom is 0.191 e. The Bertz CT molecular complexity index is 949. The lowest BCUT2D eigenvalue weighted by Crippen LogP contribution is -2.38. The highest BCUT2D eigenvalue weighted by atomic mass is 16.5. The van der Waals surface area contributed by atoms with Gasteiger partial charge in [0, 0.05) is 32.3 Å². The fraction of sp³-hybridized carbons (Fsp3) is 0.409. The second-order valence-corrected chi connectivity index (χ2v) is 6.90. The highest BCUT2D eigenvalue weighted by Crippen LogP contribution is 2.19. The summed E-state index contributed by atoms with van der Waals surface area (Å²) in [5.74, 6) is 2.74. The van der Waals surface area contributed by atoms with E-state index in [0.29, 0.717) is 0 Å². The Balaban J connectivity index is 1.50. The van der Waals surface area contributed by atoms with Gasteiger partial charge in [-0.2, -0.15) is 0 Å². The van der Waals surface area contributed by atoms with E-state index in [0.717, 1.165) is 62.1 Å². The van der Waals surface area contributed by atoms with Crippen LogP contribution in [0.3, 0.4) is 0 Å². The number of fused-ring (bicyclic) bond motifs is 1. The number of nitrogens with zero attached hydrogens (tertiary/aromatic N) is 4. The van der Waals surface area contributed by atoms with Crippen LogP contribution in [0.25, 0.3) is 5.65 Å². The number of aliphatic imine (C=N–C) groups is 1. The summed E-state index contributed by atoms with van der Waals surface area (Å²) in [4.78, 5) is 4.69. The lowest BCUT2D eigenvalue weighted by Gasteiger charge is -2.13. The van der Waals surface area contributed by atoms with Gasteiger partial charge in [-0.15, -0.1) is 10.2 Å². The van der Waals surface area contributed by atoms with Gasteiger partial charge in [-0.05, 0) is 50.5 Å². The number of pyridine rings is 1. The molecule has 2 heterocycles. The molecule has 0 saturated carbocycles. The second kappa shape index (κ2) is 10.5. The topological polar surface area (TPSA) is 75.8 Å². The average molecular weight is 395 g/mol. The molecule has 0 atom stereocenters. The van der Waals surface area contributed by atoms with E-state index < -0.39 is 0 Å². The van der Waals surface area contributed by atoms with Crippen LogP contribution in [-0.4, -0.2) is 47.3 Å². The van der Waals surface area contributed by atoms with E-state index in [-0.39, 0.29) is 0 Å². The maximum atomic E-state index is 5.46. The monoisotopic (exact) mass is 394 g/mol. The van der Waals surface area contributed by atoms with Gasteiger partial charge in [-0.1, -0.05) is 23.8 Å². The van der Waals surface area contributed by atoms with E-state index in [4.69, 9.17) is 9.73 Å². The van der Waals surface area contributed by atoms with Crippen molar-refractivity contribution in [3.63, 3.8) is 0 Å². The molecule has 0 bridgehead atoms. The number of hydrogen-bond acceptors (Lipinski definition) is 4. The van der Waals surface area contributed by atoms with Crippen molar-refractivity contribution in [2.24, 2.45) is 4.99 Å². The predicted molar refractivity (Wildman–Crippen MR) is 117 cm³/mol. The molecule has 0 radical (unpaired) electrons. The summed E-state index contributed by atoms with van der Waals surface area (Å²) in [6.45, 7) is 6.52. The number of hydrogen-bond donors (Lipinski definition) is 2. The van der Waals surface area contributed by atoms with Gasteiger partial charge in [-0.25, -0.2) is 0 Å². The average Bonchev–Trinajstić information content (AvgIpc) is 3.14. The highest BCUT2D eigenvalue weighted by molar-refractivity contribution is 5.79. The Morgan fingerprint density at radius 2 is 2.03 bits per heavy atom. The molecular weight excluding hydrogens is 364 g/mol. The van der Waals surface area contributed by atoms with Crippen LogP contribution in [0.4, 0.5) is 0 Å². The SMILES string of the molecule is CCNC(=NCCCc1nnc2ccccn12)NCCc1cc(C)ccc1OC. The normalized spacial score (nSPS) is 11.6. The Hall–Kier alpha value is -3.09. The summed E-state index contributed by atoms with van der Waals surface area (Å²) in [5, 5.41) is 15.2. The molecule has 1 aromatic carbocycles. The zero-order valence-corrected chi connectivity index (χ0v) is 17.5. The Labute approximate surface area is 172 Å². The van der Waals surface area contributed by atoms with Gasteiger partial charge in [0.15, 0.2) is 11.6 Å². The van der Waals surface area contributed by atoms with Crippen molar-refractivity contribution >= 4 is 11.6 Å². The van der Waals surface area contributed by atoms with E-state index in [2.05, 4.69) is 46.8 Å². The van der Waals surface area contributed by atoms with Crippen molar-refractivity contribution < 1.29 is 4.74 Å². The van der Waals surface area contributed by atoms with Crippen LogP contribution in [0.15, 0.2) is 47.6 Å². The summed E-state index contributed by atoms with van der Waals surface area (Å²) >= 11 is 0. The van der Waals surface area contributed by atoms with Crippen LogP contribution in [0.5, 0.6) is 5.75 Å². The number of ether oxygens (including phenoxy) is 1. The lowest BCUT2D eigenvalue weighted by molar-refractivity contribution is 0.409. The smallest absolute Gasteiger partial charge is 0.191 e. The van der Waals surface area contributed by atoms with E-state index >= 15 is 0 Å². The molecule has 154 valence electrons. The van der Waals surface area contributed by atoms with Crippen molar-refractivity contribution in [1.82, 2.24) is 25.2 Å². The zero-order chi connectivity index (χ0) is 20.5. The molecule has 0 aliphatic carbocycles. The van der Waals surface area contributed by atoms with E-state index in [9.17, 15) is 0 Å². The highest BCUT2D eigenvalue weighted by Gasteiger charge is 2.05. The van der Waals surface area contributed by atoms with Crippen LogP contribution >= 0.6 is 0 Å². The van der Waals surface area contributed by atoms with Crippen molar-refractivity contribution in [2.75, 3.05) is 26.7 Å². The van der Waals surface area contributed by atoms with E-state index in [1.165, 1.54) is 11.1 Å². The summed E-state index contributed by atoms with van der Waals surface area (Å²) in [5.41, 5.74) is 3.32. The fourth-order valence-corrected chi connectivity index (χ4v) is 3.25. The minimum Gasteiger partial charge on any atom is -0.496 e. The lowest BCUT2D eigenvalue weighted by atomic mass is 10.1. The summed E-state index contributed by atoms with van der Waals surface area (Å²) in [7, 11) is 1.71. The largest absolute Gasteiger partial charge is 0.496 e. The van der Waals surface area contributed by atoms with Crippen molar-refractivity contribution in [3.8, 4) is 5.75 Å². The van der Waals surface area contributed by atoms with Gasteiger partial charge in [0.25, 0.3) is 0 Å². The van der Waals surface area contributed by atoms with Gasteiger partial charge >= 0.3 is 0 Å². The first kappa shape index (κ1) is 20.6. The Morgan fingerprint density at radius 3 is 2.86 bits per heavy atom. The van der Waals surface area contributed by atoms with Crippen LogP contribution in [0.1, 0.15) is 30.3 Å². The number of aromatic nitrogens is 3. The molecule has 0 fully saturated rings. The summed E-state index contributed by atoms with van der Waals surface area (Å²) < 4.78 is 7.49. The molecule has 0 saturated heterocycles. The molecule has 3 aromatic rings. The number of benzene rings is 1. The number of methoxy groups -OCH3 is 1. The molecule has 0 aliphatic heterocycles. The standard InChI is InChI=1S/C22H30N6O/c1-4-23-22(25-14-12-18-16-17(2)10-11-19(18)29-3)24-13-7-9-21-27-26-20-8-5-6-15-28(20)21/h5-6,8,10-11,15-16H,4,7,9,12-14H2,1-3H3,(H2,23,24,25). The zero-order valence-electron chi connectivity index (χ0n) is 17.5. The summed E-state index contributed by atoms with van der Waals surface area (Å²) in [6.07, 6.45) is 4.63. The molecule has 29 heavy (non-hydrogen) atoms. The van der Waals surface area contributed by atoms with Crippen molar-refractivity contribution in [2.45, 2.75) is 33.1 Å². The molecule has 0 unspecified atom stereocenters. The number of nitrogens with one attached hydrogen (secondary N) is 2. The van der Waals surface area contributed by atoms with Crippen molar-refractivity contribution in [3.05, 3.63) is 59.5 Å². The molecular formula is C22H30N6O. The second-order valence-electron chi connectivity index (χ2n) is 6.90. The molecule has 0 spiro atoms. The van der Waals surface area contributed by atoms with Gasteiger partial charge in [0.2, 0.25) is 0 Å².